The molecule has 0 fully saturated rings. The predicted octanol–water partition coefficient (Wildman–Crippen LogP) is 3.98. The maximum atomic E-state index is 10.7. The number of aliphatic imine (C=N–C) groups is 1. The van der Waals surface area contributed by atoms with E-state index in [1.807, 2.05) is 13.0 Å². The number of nitro benzene ring substituents is 1. The molecule has 0 atom stereocenters. The summed E-state index contributed by atoms with van der Waals surface area (Å²) < 4.78 is 0. The number of hydrogen-bond acceptors (Lipinski definition) is 4. The van der Waals surface area contributed by atoms with E-state index in [9.17, 15) is 15.2 Å². The van der Waals surface area contributed by atoms with Crippen molar-refractivity contribution in [3.05, 3.63) is 68.8 Å². The number of phenols is 1. The normalized spacial score (nSPS) is 15.3. The van der Waals surface area contributed by atoms with Crippen LogP contribution in [0.3, 0.4) is 0 Å². The summed E-state index contributed by atoms with van der Waals surface area (Å²) >= 11 is 0. The minimum absolute atomic E-state index is 0.108. The highest BCUT2D eigenvalue weighted by Crippen LogP contribution is 2.28. The molecule has 24 heavy (non-hydrogen) atoms. The number of nitrogens with zero attached hydrogens (tertiary/aromatic N) is 2. The first kappa shape index (κ1) is 16.2. The molecule has 0 radical (unpaired) electrons. The fourth-order valence-corrected chi connectivity index (χ4v) is 3.08. The zero-order valence-corrected chi connectivity index (χ0v) is 13.7. The Morgan fingerprint density at radius 3 is 2.67 bits per heavy atom. The van der Waals surface area contributed by atoms with Crippen LogP contribution in [0.2, 0.25) is 0 Å². The molecule has 0 heterocycles. The highest BCUT2D eigenvalue weighted by atomic mass is 16.6. The number of phenolic OH excluding ortho intramolecular Hbond substituents is 1. The van der Waals surface area contributed by atoms with Gasteiger partial charge in [0.2, 0.25) is 0 Å². The SMILES string of the molecule is Cc1cc2c(cc1O)C(=NCCc1ccc([N+](=O)[O-])cc1)CCC2. The van der Waals surface area contributed by atoms with E-state index < -0.39 is 4.92 Å². The van der Waals surface area contributed by atoms with Gasteiger partial charge in [-0.1, -0.05) is 18.2 Å². The van der Waals surface area contributed by atoms with Crippen LogP contribution in [-0.4, -0.2) is 22.3 Å². The van der Waals surface area contributed by atoms with Gasteiger partial charge in [0.1, 0.15) is 5.75 Å². The van der Waals surface area contributed by atoms with Crippen LogP contribution in [-0.2, 0) is 12.8 Å². The number of aromatic hydroxyl groups is 1. The molecule has 1 aliphatic rings. The first-order valence-corrected chi connectivity index (χ1v) is 8.14. The lowest BCUT2D eigenvalue weighted by atomic mass is 9.88. The van der Waals surface area contributed by atoms with Gasteiger partial charge in [0, 0.05) is 30.0 Å². The number of benzene rings is 2. The molecule has 0 saturated carbocycles. The topological polar surface area (TPSA) is 75.7 Å². The van der Waals surface area contributed by atoms with Crippen LogP contribution in [0, 0.1) is 17.0 Å². The van der Waals surface area contributed by atoms with Gasteiger partial charge in [-0.15, -0.1) is 0 Å². The number of hydrogen-bond donors (Lipinski definition) is 1. The average molecular weight is 324 g/mol. The van der Waals surface area contributed by atoms with Gasteiger partial charge in [0.05, 0.1) is 4.92 Å². The Morgan fingerprint density at radius 2 is 1.96 bits per heavy atom. The van der Waals surface area contributed by atoms with Gasteiger partial charge in [-0.25, -0.2) is 0 Å². The van der Waals surface area contributed by atoms with Gasteiger partial charge in [-0.05, 0) is 55.4 Å². The van der Waals surface area contributed by atoms with Crippen LogP contribution in [0.1, 0.15) is 35.1 Å². The van der Waals surface area contributed by atoms with Crippen molar-refractivity contribution >= 4 is 11.4 Å². The zero-order chi connectivity index (χ0) is 17.1. The molecule has 0 aromatic heterocycles. The monoisotopic (exact) mass is 324 g/mol. The van der Waals surface area contributed by atoms with Crippen molar-refractivity contribution < 1.29 is 10.0 Å². The van der Waals surface area contributed by atoms with Gasteiger partial charge in [0.25, 0.3) is 5.69 Å². The third-order valence-corrected chi connectivity index (χ3v) is 4.44. The Kier molecular flexibility index (Phi) is 4.60. The Morgan fingerprint density at radius 1 is 1.21 bits per heavy atom. The number of nitro groups is 1. The Hall–Kier alpha value is -2.69. The third-order valence-electron chi connectivity index (χ3n) is 4.44. The van der Waals surface area contributed by atoms with Crippen molar-refractivity contribution in [3.63, 3.8) is 0 Å². The highest BCUT2D eigenvalue weighted by molar-refractivity contribution is 6.03. The van der Waals surface area contributed by atoms with Crippen LogP contribution >= 0.6 is 0 Å². The van der Waals surface area contributed by atoms with Crippen LogP contribution in [0.25, 0.3) is 0 Å². The molecule has 0 aliphatic heterocycles. The van der Waals surface area contributed by atoms with E-state index >= 15 is 0 Å². The quantitative estimate of drug-likeness (QED) is 0.683. The molecule has 5 nitrogen and oxygen atoms in total. The standard InChI is InChI=1S/C19H20N2O3/c1-13-11-15-3-2-4-18(17(15)12-19(13)22)20-10-9-14-5-7-16(8-6-14)21(23)24/h5-8,11-12,22H,2-4,9-10H2,1H3. The van der Waals surface area contributed by atoms with E-state index in [0.717, 1.165) is 48.1 Å². The lowest BCUT2D eigenvalue weighted by Crippen LogP contribution is -2.13. The van der Waals surface area contributed by atoms with Crippen LogP contribution in [0.4, 0.5) is 5.69 Å². The maximum Gasteiger partial charge on any atom is 0.269 e. The molecule has 0 spiro atoms. The molecule has 5 heteroatoms. The van der Waals surface area contributed by atoms with E-state index in [-0.39, 0.29) is 5.69 Å². The summed E-state index contributed by atoms with van der Waals surface area (Å²) in [5, 5.41) is 20.6. The van der Waals surface area contributed by atoms with Gasteiger partial charge in [-0.3, -0.25) is 15.1 Å². The van der Waals surface area contributed by atoms with Crippen LogP contribution in [0.15, 0.2) is 41.4 Å². The number of aryl methyl sites for hydroxylation is 2. The number of non-ortho nitro benzene ring substituents is 1. The molecule has 2 aromatic rings. The summed E-state index contributed by atoms with van der Waals surface area (Å²) in [6, 6.07) is 10.5. The molecule has 0 saturated heterocycles. The third kappa shape index (κ3) is 3.45. The van der Waals surface area contributed by atoms with Gasteiger partial charge in [-0.2, -0.15) is 0 Å². The second kappa shape index (κ2) is 6.83. The van der Waals surface area contributed by atoms with Crippen molar-refractivity contribution in [1.29, 1.82) is 0 Å². The largest absolute Gasteiger partial charge is 0.508 e. The lowest BCUT2D eigenvalue weighted by molar-refractivity contribution is -0.384. The smallest absolute Gasteiger partial charge is 0.269 e. The average Bonchev–Trinajstić information content (AvgIpc) is 2.57. The summed E-state index contributed by atoms with van der Waals surface area (Å²) in [5.74, 6) is 0.318. The molecular weight excluding hydrogens is 304 g/mol. The van der Waals surface area contributed by atoms with E-state index in [1.54, 1.807) is 12.1 Å². The van der Waals surface area contributed by atoms with Crippen molar-refractivity contribution in [2.45, 2.75) is 32.6 Å². The fourth-order valence-electron chi connectivity index (χ4n) is 3.08. The first-order chi connectivity index (χ1) is 11.5. The molecular formula is C19H20N2O3. The molecule has 124 valence electrons. The lowest BCUT2D eigenvalue weighted by Gasteiger charge is -2.19. The van der Waals surface area contributed by atoms with E-state index in [0.29, 0.717) is 12.3 Å². The minimum Gasteiger partial charge on any atom is -0.508 e. The molecule has 2 aromatic carbocycles. The van der Waals surface area contributed by atoms with Crippen LogP contribution < -0.4 is 0 Å². The number of rotatable bonds is 4. The molecule has 1 aliphatic carbocycles. The van der Waals surface area contributed by atoms with E-state index in [2.05, 4.69) is 6.07 Å². The van der Waals surface area contributed by atoms with Crippen molar-refractivity contribution in [3.8, 4) is 5.75 Å². The van der Waals surface area contributed by atoms with E-state index in [4.69, 9.17) is 4.99 Å². The molecule has 1 N–H and O–H groups in total. The summed E-state index contributed by atoms with van der Waals surface area (Å²) in [6.07, 6.45) is 3.77. The first-order valence-electron chi connectivity index (χ1n) is 8.14. The van der Waals surface area contributed by atoms with Gasteiger partial charge >= 0.3 is 0 Å². The summed E-state index contributed by atoms with van der Waals surface area (Å²) in [5.41, 5.74) is 5.41. The maximum absolute atomic E-state index is 10.7. The van der Waals surface area contributed by atoms with Gasteiger partial charge in [0.15, 0.2) is 0 Å². The van der Waals surface area contributed by atoms with Crippen molar-refractivity contribution in [1.82, 2.24) is 0 Å². The van der Waals surface area contributed by atoms with Crippen LogP contribution in [0.5, 0.6) is 5.75 Å². The molecule has 0 amide bonds. The summed E-state index contributed by atoms with van der Waals surface area (Å²) in [4.78, 5) is 15.0. The predicted molar refractivity (Wildman–Crippen MR) is 94.0 cm³/mol. The summed E-state index contributed by atoms with van der Waals surface area (Å²) in [7, 11) is 0. The van der Waals surface area contributed by atoms with Crippen molar-refractivity contribution in [2.24, 2.45) is 4.99 Å². The zero-order valence-electron chi connectivity index (χ0n) is 13.7. The summed E-state index contributed by atoms with van der Waals surface area (Å²) in [6.45, 7) is 2.55. The second-order valence-electron chi connectivity index (χ2n) is 6.15. The Bertz CT molecular complexity index is 795. The van der Waals surface area contributed by atoms with E-state index in [1.165, 1.54) is 17.7 Å². The number of fused-ring (bicyclic) bond motifs is 1. The Balaban J connectivity index is 1.72. The molecule has 3 rings (SSSR count). The molecule has 0 bridgehead atoms. The van der Waals surface area contributed by atoms with Gasteiger partial charge < -0.3 is 5.11 Å². The second-order valence-corrected chi connectivity index (χ2v) is 6.15. The Labute approximate surface area is 140 Å². The fraction of sp³-hybridized carbons (Fsp3) is 0.316. The molecule has 0 unspecified atom stereocenters. The highest BCUT2D eigenvalue weighted by Gasteiger charge is 2.17. The minimum atomic E-state index is -0.391. The van der Waals surface area contributed by atoms with Crippen molar-refractivity contribution in [2.75, 3.05) is 6.54 Å².